The van der Waals surface area contributed by atoms with Crippen LogP contribution < -0.4 is 10.2 Å². The molecule has 0 unspecified atom stereocenters. The Morgan fingerprint density at radius 2 is 1.76 bits per heavy atom. The number of nitrogens with one attached hydrogen (secondary N) is 1. The van der Waals surface area contributed by atoms with Gasteiger partial charge in [-0.25, -0.2) is 10.4 Å². The van der Waals surface area contributed by atoms with Crippen molar-refractivity contribution in [3.8, 4) is 17.0 Å². The van der Waals surface area contributed by atoms with E-state index in [1.165, 1.54) is 5.56 Å². The summed E-state index contributed by atoms with van der Waals surface area (Å²) in [6.45, 7) is 6.97. The van der Waals surface area contributed by atoms with Crippen LogP contribution in [0, 0.1) is 0 Å². The predicted molar refractivity (Wildman–Crippen MR) is 153 cm³/mol. The van der Waals surface area contributed by atoms with Gasteiger partial charge in [0.25, 0.3) is 5.91 Å². The number of halogens is 1. The highest BCUT2D eigenvalue weighted by Crippen LogP contribution is 2.29. The number of fused-ring (bicyclic) bond motifs is 1. The van der Waals surface area contributed by atoms with Gasteiger partial charge in [0.05, 0.1) is 34.1 Å². The molecule has 4 rings (SSSR count). The zero-order valence-electron chi connectivity index (χ0n) is 21.6. The number of carbonyl (C=O) groups excluding carboxylic acids is 1. The molecule has 190 valence electrons. The molecular formula is C31H32ClN3O2. The molecule has 4 aromatic rings. The quantitative estimate of drug-likeness (QED) is 0.133. The molecule has 0 spiro atoms. The van der Waals surface area contributed by atoms with E-state index >= 15 is 0 Å². The molecule has 0 aliphatic heterocycles. The van der Waals surface area contributed by atoms with E-state index in [-0.39, 0.29) is 5.91 Å². The number of nitrogens with zero attached hydrogens (tertiary/aromatic N) is 2. The lowest BCUT2D eigenvalue weighted by molar-refractivity contribution is 0.0956. The fourth-order valence-electron chi connectivity index (χ4n) is 4.06. The van der Waals surface area contributed by atoms with E-state index in [4.69, 9.17) is 21.3 Å². The minimum absolute atomic E-state index is 0.313. The van der Waals surface area contributed by atoms with Gasteiger partial charge >= 0.3 is 0 Å². The summed E-state index contributed by atoms with van der Waals surface area (Å²) >= 11 is 6.49. The summed E-state index contributed by atoms with van der Waals surface area (Å²) in [6, 6.07) is 23.3. The maximum Gasteiger partial charge on any atom is 0.272 e. The highest BCUT2D eigenvalue weighted by Gasteiger charge is 2.16. The van der Waals surface area contributed by atoms with Crippen molar-refractivity contribution in [1.82, 2.24) is 10.4 Å². The van der Waals surface area contributed by atoms with Gasteiger partial charge in [-0.1, -0.05) is 75.2 Å². The largest absolute Gasteiger partial charge is 0.494 e. The molecule has 0 fully saturated rings. The van der Waals surface area contributed by atoms with Crippen LogP contribution in [0.15, 0.2) is 77.9 Å². The van der Waals surface area contributed by atoms with Crippen molar-refractivity contribution >= 4 is 34.1 Å². The SMILES string of the molecule is CCCCOc1ccc(/C(CC)=N/NC(=O)c2cc(-c3ccc(CC)cc3)nc3c(Cl)cccc23)cc1. The summed E-state index contributed by atoms with van der Waals surface area (Å²) in [5, 5.41) is 5.65. The molecule has 37 heavy (non-hydrogen) atoms. The van der Waals surface area contributed by atoms with Crippen molar-refractivity contribution in [2.45, 2.75) is 46.5 Å². The van der Waals surface area contributed by atoms with Gasteiger partial charge in [-0.3, -0.25) is 4.79 Å². The number of benzene rings is 3. The number of hydrogen-bond acceptors (Lipinski definition) is 4. The van der Waals surface area contributed by atoms with Crippen molar-refractivity contribution in [1.29, 1.82) is 0 Å². The second-order valence-corrected chi connectivity index (χ2v) is 9.23. The van der Waals surface area contributed by atoms with E-state index in [0.717, 1.165) is 41.9 Å². The van der Waals surface area contributed by atoms with E-state index < -0.39 is 0 Å². The highest BCUT2D eigenvalue weighted by molar-refractivity contribution is 6.35. The number of unbranched alkanes of at least 4 members (excludes halogenated alkanes) is 1. The highest BCUT2D eigenvalue weighted by atomic mass is 35.5. The molecule has 0 aliphatic carbocycles. The van der Waals surface area contributed by atoms with Gasteiger partial charge in [-0.15, -0.1) is 0 Å². The van der Waals surface area contributed by atoms with Crippen LogP contribution in [0.25, 0.3) is 22.2 Å². The molecule has 0 saturated carbocycles. The third-order valence-corrected chi connectivity index (χ3v) is 6.58. The standard InChI is InChI=1S/C31H32ClN3O2/c1-4-7-19-37-24-17-15-22(16-18-24)28(6-3)34-35-31(36)26-20-29(23-13-11-21(5-2)12-14-23)33-30-25(26)9-8-10-27(30)32/h8-18,20H,4-7,19H2,1-3H3,(H,35,36)/b34-28+. The number of hydrazone groups is 1. The predicted octanol–water partition coefficient (Wildman–Crippen LogP) is 7.84. The summed E-state index contributed by atoms with van der Waals surface area (Å²) < 4.78 is 5.76. The number of para-hydroxylation sites is 1. The average Bonchev–Trinajstić information content (AvgIpc) is 2.94. The summed E-state index contributed by atoms with van der Waals surface area (Å²) in [5.41, 5.74) is 8.38. The number of ether oxygens (including phenoxy) is 1. The normalized spacial score (nSPS) is 11.5. The molecule has 1 heterocycles. The molecule has 0 saturated heterocycles. The molecule has 5 nitrogen and oxygen atoms in total. The number of carbonyl (C=O) groups is 1. The molecule has 1 N–H and O–H groups in total. The van der Waals surface area contributed by atoms with Gasteiger partial charge in [0.15, 0.2) is 0 Å². The minimum atomic E-state index is -0.313. The molecule has 1 aromatic heterocycles. The zero-order valence-corrected chi connectivity index (χ0v) is 22.3. The lowest BCUT2D eigenvalue weighted by Crippen LogP contribution is -2.20. The molecule has 6 heteroatoms. The summed E-state index contributed by atoms with van der Waals surface area (Å²) in [6.07, 6.45) is 3.73. The van der Waals surface area contributed by atoms with Crippen molar-refractivity contribution in [2.24, 2.45) is 5.10 Å². The van der Waals surface area contributed by atoms with Crippen LogP contribution in [0.4, 0.5) is 0 Å². The van der Waals surface area contributed by atoms with E-state index in [1.807, 2.05) is 55.5 Å². The third-order valence-electron chi connectivity index (χ3n) is 6.27. The molecule has 0 atom stereocenters. The Kier molecular flexibility index (Phi) is 8.91. The Labute approximate surface area is 223 Å². The molecule has 0 aliphatic rings. The third kappa shape index (κ3) is 6.36. The fraction of sp³-hybridized carbons (Fsp3) is 0.258. The number of aromatic nitrogens is 1. The Balaban J connectivity index is 1.62. The van der Waals surface area contributed by atoms with Gasteiger partial charge in [0.2, 0.25) is 0 Å². The van der Waals surface area contributed by atoms with E-state index in [0.29, 0.717) is 40.2 Å². The van der Waals surface area contributed by atoms with E-state index in [9.17, 15) is 4.79 Å². The second-order valence-electron chi connectivity index (χ2n) is 8.82. The van der Waals surface area contributed by atoms with Crippen molar-refractivity contribution in [3.05, 3.63) is 94.5 Å². The van der Waals surface area contributed by atoms with Crippen LogP contribution in [0.3, 0.4) is 0 Å². The summed E-state index contributed by atoms with van der Waals surface area (Å²) in [4.78, 5) is 18.2. The van der Waals surface area contributed by atoms with Crippen LogP contribution >= 0.6 is 11.6 Å². The Morgan fingerprint density at radius 1 is 1.00 bits per heavy atom. The first-order valence-electron chi connectivity index (χ1n) is 12.8. The van der Waals surface area contributed by atoms with Gasteiger partial charge in [-0.2, -0.15) is 5.10 Å². The van der Waals surface area contributed by atoms with Gasteiger partial charge in [0, 0.05) is 10.9 Å². The minimum Gasteiger partial charge on any atom is -0.494 e. The first kappa shape index (κ1) is 26.4. The van der Waals surface area contributed by atoms with E-state index in [1.54, 1.807) is 12.1 Å². The van der Waals surface area contributed by atoms with Gasteiger partial charge < -0.3 is 4.74 Å². The van der Waals surface area contributed by atoms with Crippen molar-refractivity contribution in [2.75, 3.05) is 6.61 Å². The van der Waals surface area contributed by atoms with Crippen LogP contribution in [-0.2, 0) is 6.42 Å². The Morgan fingerprint density at radius 3 is 2.43 bits per heavy atom. The molecule has 0 bridgehead atoms. The lowest BCUT2D eigenvalue weighted by atomic mass is 10.0. The van der Waals surface area contributed by atoms with Crippen LogP contribution in [-0.4, -0.2) is 23.2 Å². The van der Waals surface area contributed by atoms with Crippen LogP contribution in [0.5, 0.6) is 5.75 Å². The zero-order chi connectivity index (χ0) is 26.2. The van der Waals surface area contributed by atoms with Crippen molar-refractivity contribution < 1.29 is 9.53 Å². The van der Waals surface area contributed by atoms with E-state index in [2.05, 4.69) is 36.5 Å². The molecule has 1 amide bonds. The first-order valence-corrected chi connectivity index (χ1v) is 13.2. The topological polar surface area (TPSA) is 63.6 Å². The number of hydrogen-bond donors (Lipinski definition) is 1. The lowest BCUT2D eigenvalue weighted by Gasteiger charge is -2.11. The maximum absolute atomic E-state index is 13.4. The fourth-order valence-corrected chi connectivity index (χ4v) is 4.28. The molecular weight excluding hydrogens is 482 g/mol. The number of amides is 1. The number of pyridine rings is 1. The van der Waals surface area contributed by atoms with Crippen LogP contribution in [0.1, 0.15) is 61.5 Å². The molecule has 3 aromatic carbocycles. The maximum atomic E-state index is 13.4. The van der Waals surface area contributed by atoms with Crippen molar-refractivity contribution in [3.63, 3.8) is 0 Å². The summed E-state index contributed by atoms with van der Waals surface area (Å²) in [5.74, 6) is 0.517. The van der Waals surface area contributed by atoms with Gasteiger partial charge in [0.1, 0.15) is 5.75 Å². The first-order chi connectivity index (χ1) is 18.0. The smallest absolute Gasteiger partial charge is 0.272 e. The average molecular weight is 514 g/mol. The monoisotopic (exact) mass is 513 g/mol. The number of rotatable bonds is 10. The summed E-state index contributed by atoms with van der Waals surface area (Å²) in [7, 11) is 0. The Hall–Kier alpha value is -3.70. The van der Waals surface area contributed by atoms with Crippen LogP contribution in [0.2, 0.25) is 5.02 Å². The van der Waals surface area contributed by atoms with Gasteiger partial charge in [-0.05, 0) is 66.8 Å². The second kappa shape index (κ2) is 12.5. The number of aryl methyl sites for hydroxylation is 1. The molecule has 0 radical (unpaired) electrons. The Bertz CT molecular complexity index is 1400.